The summed E-state index contributed by atoms with van der Waals surface area (Å²) in [6.07, 6.45) is 0.366. The van der Waals surface area contributed by atoms with Gasteiger partial charge in [-0.05, 0) is 79.7 Å². The highest BCUT2D eigenvalue weighted by Crippen LogP contribution is 2.41. The number of Topliss-reactive ketones (excluding diaryl/α,β-unsaturated/α-hetero) is 1. The lowest BCUT2D eigenvalue weighted by Crippen LogP contribution is -2.49. The summed E-state index contributed by atoms with van der Waals surface area (Å²) < 4.78 is 21.1. The highest BCUT2D eigenvalue weighted by Gasteiger charge is 2.45. The standard InChI is InChI=1S/C35H39Cl2N3O7/c1-34(24-10-11-25(36)26(37)20-24,21-27(38)30(41)22-18-28(44-2)31(46-4)29(19-22)45-3)12-15-40-16-13-35(14-17-40,32(42)47-33(39)43)23-8-6-5-7-9-23/h5-11,18-20,38H,12-17,21H2,1-4H3,(H2,39,43). The molecule has 12 heteroatoms. The number of esters is 1. The summed E-state index contributed by atoms with van der Waals surface area (Å²) in [6.45, 7) is 3.67. The number of rotatable bonds is 13. The van der Waals surface area contributed by atoms with Crippen LogP contribution in [-0.2, 0) is 20.4 Å². The van der Waals surface area contributed by atoms with Gasteiger partial charge in [-0.1, -0.05) is 66.5 Å². The van der Waals surface area contributed by atoms with E-state index in [1.165, 1.54) is 33.5 Å². The number of halogens is 2. The van der Waals surface area contributed by atoms with Crippen molar-refractivity contribution < 1.29 is 33.3 Å². The molecule has 1 fully saturated rings. The number of nitrogens with two attached hydrogens (primary N) is 1. The molecule has 47 heavy (non-hydrogen) atoms. The summed E-state index contributed by atoms with van der Waals surface area (Å²) in [5, 5.41) is 9.71. The van der Waals surface area contributed by atoms with Crippen LogP contribution in [0.2, 0.25) is 10.0 Å². The van der Waals surface area contributed by atoms with Crippen molar-refractivity contribution in [1.29, 1.82) is 5.41 Å². The van der Waals surface area contributed by atoms with E-state index < -0.39 is 28.7 Å². The predicted octanol–water partition coefficient (Wildman–Crippen LogP) is 6.62. The Kier molecular flexibility index (Phi) is 11.5. The minimum atomic E-state index is -1.13. The highest BCUT2D eigenvalue weighted by molar-refractivity contribution is 6.45. The Morgan fingerprint density at radius 1 is 0.915 bits per heavy atom. The van der Waals surface area contributed by atoms with Gasteiger partial charge < -0.3 is 35.0 Å². The fourth-order valence-corrected chi connectivity index (χ4v) is 6.48. The zero-order valence-corrected chi connectivity index (χ0v) is 28.4. The molecule has 1 amide bonds. The second-order valence-electron chi connectivity index (χ2n) is 11.8. The first kappa shape index (κ1) is 35.7. The smallest absolute Gasteiger partial charge is 0.412 e. The number of ether oxygens (including phenoxy) is 4. The maximum absolute atomic E-state index is 13.7. The molecular weight excluding hydrogens is 645 g/mol. The number of nitrogens with one attached hydrogen (secondary N) is 1. The number of piperidine rings is 1. The number of hydrogen-bond acceptors (Lipinski definition) is 9. The van der Waals surface area contributed by atoms with E-state index in [1.807, 2.05) is 43.3 Å². The van der Waals surface area contributed by atoms with Crippen molar-refractivity contribution in [3.8, 4) is 17.2 Å². The van der Waals surface area contributed by atoms with E-state index in [0.717, 1.165) is 11.1 Å². The van der Waals surface area contributed by atoms with Gasteiger partial charge in [0, 0.05) is 12.0 Å². The number of amides is 1. The molecular formula is C35H39Cl2N3O7. The van der Waals surface area contributed by atoms with Crippen LogP contribution in [0.15, 0.2) is 60.7 Å². The van der Waals surface area contributed by atoms with Gasteiger partial charge in [0.1, 0.15) is 0 Å². The molecule has 1 saturated heterocycles. The summed E-state index contributed by atoms with van der Waals surface area (Å²) in [5.41, 5.74) is 5.23. The van der Waals surface area contributed by atoms with Gasteiger partial charge in [-0.25, -0.2) is 4.79 Å². The molecule has 3 N–H and O–H groups in total. The van der Waals surface area contributed by atoms with Crippen molar-refractivity contribution in [2.45, 2.75) is 43.4 Å². The number of nitrogens with zero attached hydrogens (tertiary/aromatic N) is 1. The molecule has 4 rings (SSSR count). The fourth-order valence-electron chi connectivity index (χ4n) is 6.18. The summed E-state index contributed by atoms with van der Waals surface area (Å²) in [6, 6.07) is 17.7. The Bertz CT molecular complexity index is 1620. The number of ketones is 1. The minimum Gasteiger partial charge on any atom is -0.493 e. The molecule has 3 aromatic carbocycles. The van der Waals surface area contributed by atoms with Crippen LogP contribution in [0, 0.1) is 5.41 Å². The van der Waals surface area contributed by atoms with Gasteiger partial charge in [-0.2, -0.15) is 0 Å². The first-order chi connectivity index (χ1) is 22.4. The number of primary amides is 1. The maximum Gasteiger partial charge on any atom is 0.412 e. The van der Waals surface area contributed by atoms with Crippen molar-refractivity contribution in [1.82, 2.24) is 4.90 Å². The van der Waals surface area contributed by atoms with Crippen LogP contribution < -0.4 is 19.9 Å². The van der Waals surface area contributed by atoms with E-state index in [-0.39, 0.29) is 17.7 Å². The highest BCUT2D eigenvalue weighted by atomic mass is 35.5. The molecule has 0 spiro atoms. The molecule has 0 aromatic heterocycles. The van der Waals surface area contributed by atoms with Crippen LogP contribution in [0.25, 0.3) is 0 Å². The van der Waals surface area contributed by atoms with Crippen molar-refractivity contribution in [2.75, 3.05) is 41.0 Å². The van der Waals surface area contributed by atoms with Gasteiger partial charge in [-0.15, -0.1) is 0 Å². The molecule has 0 bridgehead atoms. The second kappa shape index (κ2) is 15.2. The summed E-state index contributed by atoms with van der Waals surface area (Å²) in [7, 11) is 4.40. The van der Waals surface area contributed by atoms with E-state index in [1.54, 1.807) is 12.1 Å². The lowest BCUT2D eigenvalue weighted by atomic mass is 9.72. The normalized spacial score (nSPS) is 15.6. The molecule has 3 aromatic rings. The Hall–Kier alpha value is -4.12. The van der Waals surface area contributed by atoms with E-state index in [9.17, 15) is 14.4 Å². The van der Waals surface area contributed by atoms with E-state index in [2.05, 4.69) is 4.90 Å². The van der Waals surface area contributed by atoms with Crippen LogP contribution in [0.5, 0.6) is 17.2 Å². The quantitative estimate of drug-likeness (QED) is 0.0887. The molecule has 0 saturated carbocycles. The number of methoxy groups -OCH3 is 3. The number of hydrogen-bond donors (Lipinski definition) is 2. The SMILES string of the molecule is COc1cc(C(=O)C(=N)CC(C)(CCN2CCC(C(=O)OC(N)=O)(c3ccccc3)CC2)c2ccc(Cl)c(Cl)c2)cc(OC)c1OC. The molecule has 1 atom stereocenters. The van der Waals surface area contributed by atoms with Crippen LogP contribution in [0.3, 0.4) is 0 Å². The fraction of sp³-hybridized carbons (Fsp3) is 0.371. The van der Waals surface area contributed by atoms with Crippen molar-refractivity contribution in [2.24, 2.45) is 5.73 Å². The van der Waals surface area contributed by atoms with Crippen molar-refractivity contribution in [3.63, 3.8) is 0 Å². The van der Waals surface area contributed by atoms with Gasteiger partial charge in [0.2, 0.25) is 11.5 Å². The number of carbonyl (C=O) groups is 3. The maximum atomic E-state index is 13.7. The first-order valence-corrected chi connectivity index (χ1v) is 15.8. The first-order valence-electron chi connectivity index (χ1n) is 15.0. The number of likely N-dealkylation sites (tertiary alicyclic amines) is 1. The van der Waals surface area contributed by atoms with Gasteiger partial charge >= 0.3 is 12.1 Å². The summed E-state index contributed by atoms with van der Waals surface area (Å²) in [5.74, 6) is -0.165. The molecule has 1 aliphatic rings. The third-order valence-corrected chi connectivity index (χ3v) is 9.72. The van der Waals surface area contributed by atoms with Gasteiger partial charge in [0.25, 0.3) is 0 Å². The molecule has 0 radical (unpaired) electrons. The van der Waals surface area contributed by atoms with Gasteiger partial charge in [-0.3, -0.25) is 9.59 Å². The Balaban J connectivity index is 1.57. The Morgan fingerprint density at radius 2 is 1.53 bits per heavy atom. The topological polar surface area (TPSA) is 141 Å². The largest absolute Gasteiger partial charge is 0.493 e. The molecule has 1 aliphatic heterocycles. The lowest BCUT2D eigenvalue weighted by molar-refractivity contribution is -0.146. The van der Waals surface area contributed by atoms with Crippen LogP contribution in [0.4, 0.5) is 4.79 Å². The van der Waals surface area contributed by atoms with E-state index in [4.69, 9.17) is 53.3 Å². The van der Waals surface area contributed by atoms with E-state index >= 15 is 0 Å². The number of benzene rings is 3. The van der Waals surface area contributed by atoms with E-state index in [0.29, 0.717) is 66.2 Å². The molecule has 0 aliphatic carbocycles. The van der Waals surface area contributed by atoms with Gasteiger partial charge in [0.05, 0.1) is 42.5 Å². The summed E-state index contributed by atoms with van der Waals surface area (Å²) in [4.78, 5) is 40.5. The Labute approximate surface area is 284 Å². The molecule has 1 unspecified atom stereocenters. The average Bonchev–Trinajstić information content (AvgIpc) is 3.07. The van der Waals surface area contributed by atoms with Crippen LogP contribution in [-0.4, -0.2) is 69.4 Å². The predicted molar refractivity (Wildman–Crippen MR) is 181 cm³/mol. The van der Waals surface area contributed by atoms with Gasteiger partial charge in [0.15, 0.2) is 11.5 Å². The lowest BCUT2D eigenvalue weighted by Gasteiger charge is -2.41. The van der Waals surface area contributed by atoms with Crippen LogP contribution >= 0.6 is 23.2 Å². The molecule has 250 valence electrons. The third kappa shape index (κ3) is 7.89. The minimum absolute atomic E-state index is 0.104. The zero-order chi connectivity index (χ0) is 34.4. The second-order valence-corrected chi connectivity index (χ2v) is 12.7. The average molecular weight is 685 g/mol. The summed E-state index contributed by atoms with van der Waals surface area (Å²) >= 11 is 12.7. The molecule has 10 nitrogen and oxygen atoms in total. The Morgan fingerprint density at radius 3 is 2.06 bits per heavy atom. The zero-order valence-electron chi connectivity index (χ0n) is 26.9. The van der Waals surface area contributed by atoms with Crippen molar-refractivity contribution in [3.05, 3.63) is 87.4 Å². The van der Waals surface area contributed by atoms with Crippen molar-refractivity contribution >= 4 is 46.8 Å². The molecule has 1 heterocycles. The third-order valence-electron chi connectivity index (χ3n) is 8.98. The monoisotopic (exact) mass is 683 g/mol. The van der Waals surface area contributed by atoms with Crippen LogP contribution in [0.1, 0.15) is 54.1 Å². The number of carbonyl (C=O) groups excluding carboxylic acids is 3.